The number of hydrogen-bond acceptors (Lipinski definition) is 6. The van der Waals surface area contributed by atoms with Gasteiger partial charge in [0.2, 0.25) is 10.0 Å². The number of nitrogens with one attached hydrogen (secondary N) is 1. The van der Waals surface area contributed by atoms with Crippen molar-refractivity contribution in [2.75, 3.05) is 24.2 Å². The highest BCUT2D eigenvalue weighted by Crippen LogP contribution is 2.31. The van der Waals surface area contributed by atoms with E-state index in [1.165, 1.54) is 6.20 Å². The van der Waals surface area contributed by atoms with Crippen LogP contribution in [0.2, 0.25) is 0 Å². The van der Waals surface area contributed by atoms with E-state index in [4.69, 9.17) is 5.10 Å². The van der Waals surface area contributed by atoms with Crippen molar-refractivity contribution in [3.05, 3.63) is 71.8 Å². The number of aryl methyl sites for hydroxylation is 1. The third-order valence-corrected chi connectivity index (χ3v) is 8.75. The molecule has 0 spiro atoms. The fraction of sp³-hybridized carbons (Fsp3) is 0.385. The summed E-state index contributed by atoms with van der Waals surface area (Å²) < 4.78 is 30.2. The first-order chi connectivity index (χ1) is 17.9. The van der Waals surface area contributed by atoms with E-state index in [0.717, 1.165) is 23.4 Å². The minimum Gasteiger partial charge on any atom is -0.306 e. The quantitative estimate of drug-likeness (QED) is 0.377. The van der Waals surface area contributed by atoms with Gasteiger partial charge in [0.05, 0.1) is 23.3 Å². The summed E-state index contributed by atoms with van der Waals surface area (Å²) in [6.07, 6.45) is 7.75. The number of unbranched alkanes of at least 4 members (excludes halogenated alkanes) is 1. The summed E-state index contributed by atoms with van der Waals surface area (Å²) >= 11 is 0. The van der Waals surface area contributed by atoms with Crippen molar-refractivity contribution in [1.29, 1.82) is 0 Å². The van der Waals surface area contributed by atoms with Gasteiger partial charge < -0.3 is 5.32 Å². The molecular weight excluding hydrogens is 490 g/mol. The lowest BCUT2D eigenvalue weighted by molar-refractivity contribution is 0.102. The molecule has 0 unspecified atom stereocenters. The average Bonchev–Trinajstić information content (AvgIpc) is 3.53. The molecule has 1 amide bonds. The van der Waals surface area contributed by atoms with Crippen molar-refractivity contribution in [1.82, 2.24) is 28.7 Å². The van der Waals surface area contributed by atoms with E-state index >= 15 is 0 Å². The number of carbonyl (C=O) groups is 1. The summed E-state index contributed by atoms with van der Waals surface area (Å²) in [5, 5.41) is 12.1. The minimum atomic E-state index is -3.22. The van der Waals surface area contributed by atoms with E-state index in [2.05, 4.69) is 15.4 Å². The Morgan fingerprint density at radius 3 is 2.65 bits per heavy atom. The highest BCUT2D eigenvalue weighted by atomic mass is 32.2. The van der Waals surface area contributed by atoms with Gasteiger partial charge in [-0.3, -0.25) is 4.79 Å². The Labute approximate surface area is 216 Å². The zero-order valence-electron chi connectivity index (χ0n) is 21.0. The summed E-state index contributed by atoms with van der Waals surface area (Å²) in [6, 6.07) is 11.6. The largest absolute Gasteiger partial charge is 0.306 e. The van der Waals surface area contributed by atoms with E-state index in [-0.39, 0.29) is 17.6 Å². The molecule has 0 bridgehead atoms. The molecule has 1 N–H and O–H groups in total. The number of aromatic nitrogens is 5. The molecule has 4 aromatic rings. The van der Waals surface area contributed by atoms with Crippen LogP contribution in [-0.2, 0) is 10.0 Å². The standard InChI is InChI=1S/C26H31N7O3S/c1-3-4-16-37(35,36)31-14-10-20(11-15-31)23-17-24(33(30-23)21-8-6-19(2)7-9-21)29-26(34)22-18-28-32-13-5-12-27-25(22)32/h5-9,12-13,17-18,20H,3-4,10-11,14-16H2,1-2H3,(H,29,34). The van der Waals surface area contributed by atoms with Gasteiger partial charge >= 0.3 is 0 Å². The first kappa shape index (κ1) is 25.1. The second kappa shape index (κ2) is 10.4. The van der Waals surface area contributed by atoms with Crippen LogP contribution in [-0.4, -0.2) is 61.9 Å². The summed E-state index contributed by atoms with van der Waals surface area (Å²) in [5.74, 6) is 0.506. The normalized spacial score (nSPS) is 15.3. The van der Waals surface area contributed by atoms with Crippen LogP contribution in [0.3, 0.4) is 0 Å². The number of anilines is 1. The molecule has 0 atom stereocenters. The maximum Gasteiger partial charge on any atom is 0.262 e. The van der Waals surface area contributed by atoms with Crippen LogP contribution < -0.4 is 5.32 Å². The lowest BCUT2D eigenvalue weighted by Crippen LogP contribution is -2.39. The predicted molar refractivity (Wildman–Crippen MR) is 141 cm³/mol. The molecule has 1 aromatic carbocycles. The number of fused-ring (bicyclic) bond motifs is 1. The summed E-state index contributed by atoms with van der Waals surface area (Å²) in [6.45, 7) is 4.96. The molecule has 11 heteroatoms. The van der Waals surface area contributed by atoms with Gasteiger partial charge in [0.25, 0.3) is 5.91 Å². The SMILES string of the molecule is CCCCS(=O)(=O)N1CCC(c2cc(NC(=O)c3cnn4cccnc34)n(-c3ccc(C)cc3)n2)CC1. The molecule has 37 heavy (non-hydrogen) atoms. The van der Waals surface area contributed by atoms with Crippen molar-refractivity contribution >= 4 is 27.4 Å². The molecule has 0 aliphatic carbocycles. The average molecular weight is 522 g/mol. The van der Waals surface area contributed by atoms with Crippen LogP contribution in [0.15, 0.2) is 55.0 Å². The molecule has 1 fully saturated rings. The summed E-state index contributed by atoms with van der Waals surface area (Å²) in [7, 11) is -3.22. The van der Waals surface area contributed by atoms with Crippen molar-refractivity contribution in [3.63, 3.8) is 0 Å². The molecule has 194 valence electrons. The Hall–Kier alpha value is -3.57. The number of rotatable bonds is 8. The second-order valence-corrected chi connectivity index (χ2v) is 11.5. The summed E-state index contributed by atoms with van der Waals surface area (Å²) in [4.78, 5) is 17.5. The molecule has 3 aromatic heterocycles. The van der Waals surface area contributed by atoms with Gasteiger partial charge in [-0.25, -0.2) is 26.9 Å². The molecule has 5 rings (SSSR count). The number of benzene rings is 1. The summed E-state index contributed by atoms with van der Waals surface area (Å²) in [5.41, 5.74) is 3.61. The van der Waals surface area contributed by atoms with Gasteiger partial charge in [0.15, 0.2) is 5.65 Å². The smallest absolute Gasteiger partial charge is 0.262 e. The molecule has 10 nitrogen and oxygen atoms in total. The highest BCUT2D eigenvalue weighted by Gasteiger charge is 2.30. The van der Waals surface area contributed by atoms with Crippen molar-refractivity contribution < 1.29 is 13.2 Å². The lowest BCUT2D eigenvalue weighted by Gasteiger charge is -2.30. The lowest BCUT2D eigenvalue weighted by atomic mass is 9.95. The number of amides is 1. The molecule has 1 aliphatic rings. The number of hydrogen-bond donors (Lipinski definition) is 1. The Balaban J connectivity index is 1.40. The van der Waals surface area contributed by atoms with Crippen LogP contribution in [0.5, 0.6) is 0 Å². The topological polar surface area (TPSA) is 114 Å². The molecule has 0 radical (unpaired) electrons. The zero-order chi connectivity index (χ0) is 26.0. The van der Waals surface area contributed by atoms with E-state index < -0.39 is 10.0 Å². The fourth-order valence-corrected chi connectivity index (χ4v) is 6.31. The van der Waals surface area contributed by atoms with Crippen LogP contribution in [0.1, 0.15) is 60.1 Å². The maximum absolute atomic E-state index is 13.2. The van der Waals surface area contributed by atoms with Crippen LogP contribution in [0.25, 0.3) is 11.3 Å². The molecule has 4 heterocycles. The van der Waals surface area contributed by atoms with Gasteiger partial charge in [-0.1, -0.05) is 31.0 Å². The highest BCUT2D eigenvalue weighted by molar-refractivity contribution is 7.89. The molecular formula is C26H31N7O3S. The molecule has 0 saturated carbocycles. The van der Waals surface area contributed by atoms with Crippen molar-refractivity contribution in [2.24, 2.45) is 0 Å². The second-order valence-electron chi connectivity index (χ2n) is 9.44. The zero-order valence-corrected chi connectivity index (χ0v) is 21.9. The maximum atomic E-state index is 13.2. The third-order valence-electron chi connectivity index (χ3n) is 6.79. The number of carbonyl (C=O) groups excluding carboxylic acids is 1. The van der Waals surface area contributed by atoms with Crippen LogP contribution >= 0.6 is 0 Å². The van der Waals surface area contributed by atoms with Crippen LogP contribution in [0.4, 0.5) is 5.82 Å². The first-order valence-electron chi connectivity index (χ1n) is 12.6. The van der Waals surface area contributed by atoms with Gasteiger partial charge in [0, 0.05) is 37.5 Å². The van der Waals surface area contributed by atoms with Crippen molar-refractivity contribution in [2.45, 2.75) is 45.4 Å². The van der Waals surface area contributed by atoms with E-state index in [1.807, 2.05) is 44.2 Å². The van der Waals surface area contributed by atoms with Crippen LogP contribution in [0, 0.1) is 6.92 Å². The Morgan fingerprint density at radius 1 is 1.16 bits per heavy atom. The number of nitrogens with zero attached hydrogens (tertiary/aromatic N) is 6. The van der Waals surface area contributed by atoms with E-state index in [9.17, 15) is 13.2 Å². The van der Waals surface area contributed by atoms with Gasteiger partial charge in [0.1, 0.15) is 11.4 Å². The van der Waals surface area contributed by atoms with Gasteiger partial charge in [-0.15, -0.1) is 0 Å². The predicted octanol–water partition coefficient (Wildman–Crippen LogP) is 3.79. The Bertz CT molecular complexity index is 1500. The van der Waals surface area contributed by atoms with E-state index in [0.29, 0.717) is 49.4 Å². The Kier molecular flexibility index (Phi) is 7.07. The molecule has 1 saturated heterocycles. The molecule has 1 aliphatic heterocycles. The van der Waals surface area contributed by atoms with Gasteiger partial charge in [-0.05, 0) is 44.4 Å². The number of sulfonamides is 1. The first-order valence-corrected chi connectivity index (χ1v) is 14.2. The fourth-order valence-electron chi connectivity index (χ4n) is 4.63. The third kappa shape index (κ3) is 5.28. The van der Waals surface area contributed by atoms with Gasteiger partial charge in [-0.2, -0.15) is 10.2 Å². The Morgan fingerprint density at radius 2 is 1.92 bits per heavy atom. The van der Waals surface area contributed by atoms with E-state index in [1.54, 1.807) is 32.0 Å². The number of piperidine rings is 1. The monoisotopic (exact) mass is 521 g/mol. The van der Waals surface area contributed by atoms with Crippen molar-refractivity contribution in [3.8, 4) is 5.69 Å². The minimum absolute atomic E-state index is 0.0959.